The molecule has 2 aromatic heterocycles. The molecule has 4 nitrogen and oxygen atoms in total. The van der Waals surface area contributed by atoms with Crippen LogP contribution in [0, 0.1) is 6.92 Å². The zero-order chi connectivity index (χ0) is 12.3. The first-order chi connectivity index (χ1) is 8.22. The Morgan fingerprint density at radius 3 is 2.88 bits per heavy atom. The molecule has 92 valence electrons. The minimum absolute atomic E-state index is 0.202. The van der Waals surface area contributed by atoms with E-state index in [9.17, 15) is 0 Å². The zero-order valence-corrected chi connectivity index (χ0v) is 11.3. The molecule has 1 atom stereocenters. The molecule has 0 radical (unpaired) electrons. The summed E-state index contributed by atoms with van der Waals surface area (Å²) >= 11 is 1.74. The number of nitrogens with zero attached hydrogens (tertiary/aromatic N) is 3. The van der Waals surface area contributed by atoms with Gasteiger partial charge in [0.25, 0.3) is 0 Å². The van der Waals surface area contributed by atoms with E-state index in [1.807, 2.05) is 31.0 Å². The van der Waals surface area contributed by atoms with Crippen molar-refractivity contribution in [2.45, 2.75) is 26.3 Å². The third-order valence-corrected chi connectivity index (χ3v) is 3.65. The van der Waals surface area contributed by atoms with Gasteiger partial charge in [-0.1, -0.05) is 6.92 Å². The lowest BCUT2D eigenvalue weighted by Gasteiger charge is -2.16. The first-order valence-corrected chi connectivity index (χ1v) is 6.67. The van der Waals surface area contributed by atoms with Gasteiger partial charge in [0.05, 0.1) is 16.7 Å². The third kappa shape index (κ3) is 2.73. The van der Waals surface area contributed by atoms with Crippen LogP contribution < -0.4 is 5.32 Å². The Morgan fingerprint density at radius 2 is 2.35 bits per heavy atom. The molecule has 0 amide bonds. The highest BCUT2D eigenvalue weighted by Gasteiger charge is 2.18. The fourth-order valence-corrected chi connectivity index (χ4v) is 2.69. The fourth-order valence-electron chi connectivity index (χ4n) is 1.82. The van der Waals surface area contributed by atoms with Crippen LogP contribution in [0.15, 0.2) is 18.5 Å². The molecule has 2 rings (SSSR count). The molecular formula is C12H18N4S. The van der Waals surface area contributed by atoms with Gasteiger partial charge in [-0.3, -0.25) is 4.68 Å². The minimum atomic E-state index is 0.202. The summed E-state index contributed by atoms with van der Waals surface area (Å²) in [5.74, 6) is 0. The average Bonchev–Trinajstić information content (AvgIpc) is 2.90. The lowest BCUT2D eigenvalue weighted by molar-refractivity contribution is 0.559. The molecule has 0 aromatic carbocycles. The van der Waals surface area contributed by atoms with Crippen molar-refractivity contribution < 1.29 is 0 Å². The Hall–Kier alpha value is -1.20. The molecule has 1 N–H and O–H groups in total. The molecule has 0 saturated carbocycles. The van der Waals surface area contributed by atoms with E-state index in [1.54, 1.807) is 11.3 Å². The molecule has 17 heavy (non-hydrogen) atoms. The number of hydrogen-bond acceptors (Lipinski definition) is 4. The zero-order valence-electron chi connectivity index (χ0n) is 10.5. The monoisotopic (exact) mass is 250 g/mol. The van der Waals surface area contributed by atoms with Crippen LogP contribution in [0.3, 0.4) is 0 Å². The summed E-state index contributed by atoms with van der Waals surface area (Å²) in [6.07, 6.45) is 4.91. The summed E-state index contributed by atoms with van der Waals surface area (Å²) < 4.78 is 1.92. The van der Waals surface area contributed by atoms with Crippen LogP contribution in [-0.2, 0) is 7.05 Å². The smallest absolute Gasteiger partial charge is 0.0897 e. The van der Waals surface area contributed by atoms with E-state index >= 15 is 0 Å². The fraction of sp³-hybridized carbons (Fsp3) is 0.500. The average molecular weight is 250 g/mol. The van der Waals surface area contributed by atoms with E-state index < -0.39 is 0 Å². The van der Waals surface area contributed by atoms with Crippen LogP contribution >= 0.6 is 11.3 Å². The molecule has 5 heteroatoms. The van der Waals surface area contributed by atoms with Crippen molar-refractivity contribution >= 4 is 11.3 Å². The molecule has 0 fully saturated rings. The quantitative estimate of drug-likeness (QED) is 0.885. The first kappa shape index (κ1) is 12.3. The molecule has 0 aliphatic heterocycles. The van der Waals surface area contributed by atoms with E-state index in [1.165, 1.54) is 10.6 Å². The molecule has 0 aliphatic carbocycles. The van der Waals surface area contributed by atoms with Crippen LogP contribution in [0.1, 0.15) is 35.0 Å². The number of rotatable bonds is 5. The second-order valence-electron chi connectivity index (χ2n) is 4.05. The summed E-state index contributed by atoms with van der Waals surface area (Å²) in [7, 11) is 1.98. The predicted octanol–water partition coefficient (Wildman–Crippen LogP) is 2.27. The maximum absolute atomic E-state index is 4.33. The van der Waals surface area contributed by atoms with Gasteiger partial charge in [-0.05, 0) is 26.0 Å². The summed E-state index contributed by atoms with van der Waals surface area (Å²) in [6.45, 7) is 5.20. The van der Waals surface area contributed by atoms with Crippen molar-refractivity contribution in [3.05, 3.63) is 34.0 Å². The Balaban J connectivity index is 2.28. The van der Waals surface area contributed by atoms with E-state index in [0.29, 0.717) is 0 Å². The number of thiazole rings is 1. The Morgan fingerprint density at radius 1 is 1.53 bits per heavy atom. The standard InChI is InChI=1S/C12H18N4S/c1-4-6-13-12(10-5-7-15-16(10)3)11-8-14-9(2)17-11/h5,7-8,12-13H,4,6H2,1-3H3. The Bertz CT molecular complexity index is 474. The number of aryl methyl sites for hydroxylation is 2. The van der Waals surface area contributed by atoms with E-state index in [-0.39, 0.29) is 6.04 Å². The molecule has 2 aromatic rings. The van der Waals surface area contributed by atoms with Gasteiger partial charge in [-0.25, -0.2) is 4.98 Å². The Labute approximate surface area is 106 Å². The van der Waals surface area contributed by atoms with Crippen molar-refractivity contribution in [1.82, 2.24) is 20.1 Å². The predicted molar refractivity (Wildman–Crippen MR) is 70.2 cm³/mol. The summed E-state index contributed by atoms with van der Waals surface area (Å²) in [6, 6.07) is 2.26. The van der Waals surface area contributed by atoms with Crippen molar-refractivity contribution in [3.63, 3.8) is 0 Å². The van der Waals surface area contributed by atoms with Crippen LogP contribution in [-0.4, -0.2) is 21.3 Å². The summed E-state index contributed by atoms with van der Waals surface area (Å²) in [4.78, 5) is 5.58. The van der Waals surface area contributed by atoms with E-state index in [4.69, 9.17) is 0 Å². The molecule has 0 aliphatic rings. The number of aromatic nitrogens is 3. The maximum Gasteiger partial charge on any atom is 0.0897 e. The largest absolute Gasteiger partial charge is 0.304 e. The normalized spacial score (nSPS) is 12.9. The highest BCUT2D eigenvalue weighted by molar-refractivity contribution is 7.11. The first-order valence-electron chi connectivity index (χ1n) is 5.86. The third-order valence-electron chi connectivity index (χ3n) is 2.68. The van der Waals surface area contributed by atoms with Gasteiger partial charge in [-0.2, -0.15) is 5.10 Å². The number of hydrogen-bond donors (Lipinski definition) is 1. The second kappa shape index (κ2) is 5.42. The van der Waals surface area contributed by atoms with E-state index in [2.05, 4.69) is 28.4 Å². The lowest BCUT2D eigenvalue weighted by atomic mass is 10.2. The Kier molecular flexibility index (Phi) is 3.91. The van der Waals surface area contributed by atoms with Crippen molar-refractivity contribution in [2.24, 2.45) is 7.05 Å². The van der Waals surface area contributed by atoms with Gasteiger partial charge in [0, 0.05) is 24.3 Å². The lowest BCUT2D eigenvalue weighted by Crippen LogP contribution is -2.24. The summed E-state index contributed by atoms with van der Waals surface area (Å²) in [5, 5.41) is 8.89. The second-order valence-corrected chi connectivity index (χ2v) is 5.31. The van der Waals surface area contributed by atoms with Crippen LogP contribution in [0.2, 0.25) is 0 Å². The molecular weight excluding hydrogens is 232 g/mol. The van der Waals surface area contributed by atoms with Gasteiger partial charge < -0.3 is 5.32 Å². The maximum atomic E-state index is 4.33. The molecule has 0 saturated heterocycles. The topological polar surface area (TPSA) is 42.7 Å². The van der Waals surface area contributed by atoms with Crippen molar-refractivity contribution in [2.75, 3.05) is 6.54 Å². The van der Waals surface area contributed by atoms with Gasteiger partial charge in [0.15, 0.2) is 0 Å². The highest BCUT2D eigenvalue weighted by Crippen LogP contribution is 2.26. The van der Waals surface area contributed by atoms with Crippen molar-refractivity contribution in [1.29, 1.82) is 0 Å². The SMILES string of the molecule is CCCNC(c1cnc(C)s1)c1ccnn1C. The van der Waals surface area contributed by atoms with E-state index in [0.717, 1.165) is 18.0 Å². The van der Waals surface area contributed by atoms with Gasteiger partial charge in [-0.15, -0.1) is 11.3 Å². The summed E-state index contributed by atoms with van der Waals surface area (Å²) in [5.41, 5.74) is 1.18. The highest BCUT2D eigenvalue weighted by atomic mass is 32.1. The van der Waals surface area contributed by atoms with Crippen molar-refractivity contribution in [3.8, 4) is 0 Å². The molecule has 1 unspecified atom stereocenters. The molecule has 0 bridgehead atoms. The van der Waals surface area contributed by atoms with Gasteiger partial charge in [0.2, 0.25) is 0 Å². The number of nitrogens with one attached hydrogen (secondary N) is 1. The van der Waals surface area contributed by atoms with Gasteiger partial charge in [0.1, 0.15) is 0 Å². The minimum Gasteiger partial charge on any atom is -0.304 e. The van der Waals surface area contributed by atoms with Crippen LogP contribution in [0.4, 0.5) is 0 Å². The van der Waals surface area contributed by atoms with Crippen LogP contribution in [0.25, 0.3) is 0 Å². The van der Waals surface area contributed by atoms with Gasteiger partial charge >= 0.3 is 0 Å². The molecule has 2 heterocycles. The molecule has 0 spiro atoms. The van der Waals surface area contributed by atoms with Crippen LogP contribution in [0.5, 0.6) is 0 Å².